The molecule has 3 aromatic rings. The SMILES string of the molecule is CN1CCN(c2ncc(Sc3ccc(C(N)=O)c(C(F)(F)F)c3)c(OCc3ccc(F)cc3F)n2)CC1. The van der Waals surface area contributed by atoms with Crippen molar-refractivity contribution in [2.45, 2.75) is 22.6 Å². The summed E-state index contributed by atoms with van der Waals surface area (Å²) >= 11 is 0.880. The Morgan fingerprint density at radius 1 is 1.11 bits per heavy atom. The predicted octanol–water partition coefficient (Wildman–Crippen LogP) is 4.35. The zero-order chi connectivity index (χ0) is 26.7. The third-order valence-corrected chi connectivity index (χ3v) is 6.65. The lowest BCUT2D eigenvalue weighted by Crippen LogP contribution is -2.45. The molecular formula is C24H22F5N5O2S. The molecule has 2 N–H and O–H groups in total. The number of piperazine rings is 1. The molecule has 37 heavy (non-hydrogen) atoms. The number of nitrogens with zero attached hydrogens (tertiary/aromatic N) is 4. The van der Waals surface area contributed by atoms with Crippen molar-refractivity contribution in [3.63, 3.8) is 0 Å². The quantitative estimate of drug-likeness (QED) is 0.447. The molecule has 7 nitrogen and oxygen atoms in total. The summed E-state index contributed by atoms with van der Waals surface area (Å²) in [5, 5.41) is 0. The number of alkyl halides is 3. The van der Waals surface area contributed by atoms with Crippen LogP contribution in [-0.4, -0.2) is 54.0 Å². The highest BCUT2D eigenvalue weighted by Gasteiger charge is 2.35. The van der Waals surface area contributed by atoms with Crippen LogP contribution in [0.5, 0.6) is 5.88 Å². The molecule has 1 saturated heterocycles. The number of nitrogens with two attached hydrogens (primary N) is 1. The van der Waals surface area contributed by atoms with Gasteiger partial charge in [-0.2, -0.15) is 18.2 Å². The molecule has 2 heterocycles. The average molecular weight is 540 g/mol. The summed E-state index contributed by atoms with van der Waals surface area (Å²) in [5.74, 6) is -2.37. The largest absolute Gasteiger partial charge is 0.472 e. The van der Waals surface area contributed by atoms with Crippen molar-refractivity contribution in [2.75, 3.05) is 38.1 Å². The van der Waals surface area contributed by atoms with E-state index in [9.17, 15) is 26.7 Å². The van der Waals surface area contributed by atoms with E-state index in [-0.39, 0.29) is 27.8 Å². The second-order valence-corrected chi connectivity index (χ2v) is 9.44. The Morgan fingerprint density at radius 3 is 2.49 bits per heavy atom. The number of anilines is 1. The first-order valence-electron chi connectivity index (χ1n) is 11.1. The van der Waals surface area contributed by atoms with Gasteiger partial charge in [0.05, 0.1) is 22.2 Å². The lowest BCUT2D eigenvalue weighted by atomic mass is 10.1. The summed E-state index contributed by atoms with van der Waals surface area (Å²) in [7, 11) is 1.99. The fourth-order valence-electron chi connectivity index (χ4n) is 3.63. The van der Waals surface area contributed by atoms with Gasteiger partial charge in [-0.05, 0) is 37.4 Å². The molecule has 2 aromatic carbocycles. The Hall–Kier alpha value is -3.45. The van der Waals surface area contributed by atoms with Gasteiger partial charge < -0.3 is 20.3 Å². The maximum atomic E-state index is 14.2. The number of hydrogen-bond donors (Lipinski definition) is 1. The van der Waals surface area contributed by atoms with E-state index in [0.29, 0.717) is 19.0 Å². The number of carbonyl (C=O) groups is 1. The number of likely N-dealkylation sites (N-methyl/N-ethyl adjacent to an activating group) is 1. The maximum Gasteiger partial charge on any atom is 0.417 e. The Labute approximate surface area is 213 Å². The van der Waals surface area contributed by atoms with E-state index in [1.807, 2.05) is 11.9 Å². The third-order valence-electron chi connectivity index (χ3n) is 5.66. The molecule has 196 valence electrons. The fraction of sp³-hybridized carbons (Fsp3) is 0.292. The second-order valence-electron chi connectivity index (χ2n) is 8.33. The zero-order valence-electron chi connectivity index (χ0n) is 19.6. The van der Waals surface area contributed by atoms with Gasteiger partial charge in [-0.1, -0.05) is 11.8 Å². The molecular weight excluding hydrogens is 517 g/mol. The monoisotopic (exact) mass is 539 g/mol. The first-order chi connectivity index (χ1) is 17.5. The fourth-order valence-corrected chi connectivity index (χ4v) is 4.49. The van der Waals surface area contributed by atoms with Crippen LogP contribution in [0.4, 0.5) is 27.9 Å². The third kappa shape index (κ3) is 6.46. The van der Waals surface area contributed by atoms with Crippen LogP contribution in [0.1, 0.15) is 21.5 Å². The smallest absolute Gasteiger partial charge is 0.417 e. The van der Waals surface area contributed by atoms with Gasteiger partial charge in [0.25, 0.3) is 0 Å². The summed E-state index contributed by atoms with van der Waals surface area (Å²) in [6.45, 7) is 2.57. The molecule has 1 aliphatic rings. The molecule has 1 aromatic heterocycles. The molecule has 0 spiro atoms. The van der Waals surface area contributed by atoms with Crippen molar-refractivity contribution >= 4 is 23.6 Å². The van der Waals surface area contributed by atoms with Crippen LogP contribution in [0.2, 0.25) is 0 Å². The van der Waals surface area contributed by atoms with Gasteiger partial charge in [0.1, 0.15) is 18.2 Å². The highest BCUT2D eigenvalue weighted by Crippen LogP contribution is 2.39. The molecule has 0 atom stereocenters. The lowest BCUT2D eigenvalue weighted by Gasteiger charge is -2.32. The first-order valence-corrected chi connectivity index (χ1v) is 11.9. The number of hydrogen-bond acceptors (Lipinski definition) is 7. The number of rotatable bonds is 7. The van der Waals surface area contributed by atoms with Gasteiger partial charge in [0.2, 0.25) is 17.7 Å². The number of benzene rings is 2. The van der Waals surface area contributed by atoms with E-state index in [1.54, 1.807) is 0 Å². The number of amides is 1. The van der Waals surface area contributed by atoms with Crippen LogP contribution in [-0.2, 0) is 12.8 Å². The summed E-state index contributed by atoms with van der Waals surface area (Å²) in [6, 6.07) is 6.18. The minimum absolute atomic E-state index is 0.0187. The van der Waals surface area contributed by atoms with Crippen molar-refractivity contribution in [1.29, 1.82) is 0 Å². The van der Waals surface area contributed by atoms with Gasteiger partial charge in [-0.25, -0.2) is 13.8 Å². The minimum atomic E-state index is -4.80. The van der Waals surface area contributed by atoms with Crippen LogP contribution < -0.4 is 15.4 Å². The normalized spacial score (nSPS) is 14.6. The summed E-state index contributed by atoms with van der Waals surface area (Å²) in [6.07, 6.45) is -3.39. The van der Waals surface area contributed by atoms with Crippen LogP contribution in [0, 0.1) is 11.6 Å². The van der Waals surface area contributed by atoms with Crippen LogP contribution in [0.3, 0.4) is 0 Å². The predicted molar refractivity (Wildman–Crippen MR) is 127 cm³/mol. The summed E-state index contributed by atoms with van der Waals surface area (Å²) < 4.78 is 73.8. The Bertz CT molecular complexity index is 1300. The molecule has 1 fully saturated rings. The summed E-state index contributed by atoms with van der Waals surface area (Å²) in [5.41, 5.74) is 3.35. The van der Waals surface area contributed by atoms with Crippen molar-refractivity contribution in [3.8, 4) is 5.88 Å². The minimum Gasteiger partial charge on any atom is -0.472 e. The van der Waals surface area contributed by atoms with Gasteiger partial charge >= 0.3 is 6.18 Å². The number of carbonyl (C=O) groups excluding carboxylic acids is 1. The molecule has 0 aliphatic carbocycles. The lowest BCUT2D eigenvalue weighted by molar-refractivity contribution is -0.138. The molecule has 4 rings (SSSR count). The van der Waals surface area contributed by atoms with E-state index < -0.39 is 34.8 Å². The second kappa shape index (κ2) is 10.9. The Balaban J connectivity index is 1.66. The number of primary amides is 1. The van der Waals surface area contributed by atoms with Crippen LogP contribution >= 0.6 is 11.8 Å². The standard InChI is InChI=1S/C24H22F5N5O2S/c1-33-6-8-34(9-7-33)23-31-12-20(22(32-23)36-13-14-2-3-15(25)10-19(14)26)37-16-4-5-17(21(30)35)18(11-16)24(27,28)29/h2-5,10-12H,6-9,13H2,1H3,(H2,30,35). The van der Waals surface area contributed by atoms with E-state index >= 15 is 0 Å². The van der Waals surface area contributed by atoms with Crippen molar-refractivity contribution in [1.82, 2.24) is 14.9 Å². The zero-order valence-corrected chi connectivity index (χ0v) is 20.4. The Kier molecular flexibility index (Phi) is 7.83. The maximum absolute atomic E-state index is 14.2. The molecule has 13 heteroatoms. The number of halogens is 5. The molecule has 0 saturated carbocycles. The molecule has 1 aliphatic heterocycles. The van der Waals surface area contributed by atoms with Gasteiger partial charge in [0.15, 0.2) is 0 Å². The molecule has 0 bridgehead atoms. The number of aromatic nitrogens is 2. The number of ether oxygens (including phenoxy) is 1. The Morgan fingerprint density at radius 2 is 1.84 bits per heavy atom. The molecule has 0 radical (unpaired) electrons. The van der Waals surface area contributed by atoms with Gasteiger partial charge in [-0.3, -0.25) is 4.79 Å². The van der Waals surface area contributed by atoms with Gasteiger partial charge in [-0.15, -0.1) is 0 Å². The van der Waals surface area contributed by atoms with Crippen molar-refractivity contribution in [3.05, 3.63) is 70.9 Å². The van der Waals surface area contributed by atoms with E-state index in [0.717, 1.165) is 49.1 Å². The van der Waals surface area contributed by atoms with Crippen LogP contribution in [0.15, 0.2) is 52.4 Å². The van der Waals surface area contributed by atoms with Crippen molar-refractivity contribution < 1.29 is 31.5 Å². The van der Waals surface area contributed by atoms with E-state index in [4.69, 9.17) is 10.5 Å². The van der Waals surface area contributed by atoms with Gasteiger partial charge in [0, 0.05) is 42.7 Å². The van der Waals surface area contributed by atoms with Crippen LogP contribution in [0.25, 0.3) is 0 Å². The average Bonchev–Trinajstić information content (AvgIpc) is 2.84. The van der Waals surface area contributed by atoms with E-state index in [1.165, 1.54) is 18.3 Å². The molecule has 1 amide bonds. The first kappa shape index (κ1) is 26.6. The molecule has 0 unspecified atom stereocenters. The van der Waals surface area contributed by atoms with E-state index in [2.05, 4.69) is 14.9 Å². The topological polar surface area (TPSA) is 84.6 Å². The highest BCUT2D eigenvalue weighted by atomic mass is 32.2. The highest BCUT2D eigenvalue weighted by molar-refractivity contribution is 7.99. The van der Waals surface area contributed by atoms with Crippen molar-refractivity contribution in [2.24, 2.45) is 5.73 Å². The summed E-state index contributed by atoms with van der Waals surface area (Å²) in [4.78, 5) is 24.8.